The zero-order valence-electron chi connectivity index (χ0n) is 7.29. The summed E-state index contributed by atoms with van der Waals surface area (Å²) in [5.41, 5.74) is 0.923. The van der Waals surface area contributed by atoms with Gasteiger partial charge in [-0.05, 0) is 0 Å². The molecule has 0 saturated heterocycles. The average Bonchev–Trinajstić information content (AvgIpc) is 2.07. The molecule has 1 heterocycles. The van der Waals surface area contributed by atoms with Gasteiger partial charge in [0, 0.05) is 29.6 Å². The van der Waals surface area contributed by atoms with E-state index in [1.165, 1.54) is 0 Å². The Morgan fingerprint density at radius 1 is 1.14 bits per heavy atom. The van der Waals surface area contributed by atoms with E-state index in [4.69, 9.17) is 0 Å². The fourth-order valence-electron chi connectivity index (χ4n) is 1.07. The molecule has 0 bridgehead atoms. The molecular weight excluding hydrogens is 386 g/mol. The molecule has 2 rings (SSSR count). The van der Waals surface area contributed by atoms with E-state index >= 15 is 0 Å². The van der Waals surface area contributed by atoms with E-state index in [2.05, 4.69) is 57.8 Å². The Morgan fingerprint density at radius 3 is 2.57 bits per heavy atom. The number of rotatable bonds is 0. The third kappa shape index (κ3) is 2.59. The van der Waals surface area contributed by atoms with Crippen molar-refractivity contribution in [3.05, 3.63) is 27.4 Å². The van der Waals surface area contributed by atoms with Gasteiger partial charge in [0.1, 0.15) is 0 Å². The maximum absolute atomic E-state index is 4.18. The molecule has 1 aromatic carbocycles. The Labute approximate surface area is 129 Å². The van der Waals surface area contributed by atoms with Crippen LogP contribution in [0.15, 0.2) is 27.4 Å². The van der Waals surface area contributed by atoms with Gasteiger partial charge in [0.25, 0.3) is 0 Å². The zero-order valence-corrected chi connectivity index (χ0v) is 14.2. The first-order chi connectivity index (χ1) is 6.18. The first-order valence-electron chi connectivity index (χ1n) is 3.45. The van der Waals surface area contributed by atoms with Gasteiger partial charge in [-0.15, -0.1) is 0 Å². The number of hydrogen-bond acceptors (Lipinski definition) is 2. The molecular formula is C8H3Br2N2NaSe. The number of aromatic nitrogens is 2. The van der Waals surface area contributed by atoms with Crippen molar-refractivity contribution >= 4 is 92.9 Å². The molecule has 0 atom stereocenters. The van der Waals surface area contributed by atoms with Gasteiger partial charge >= 0.3 is 101 Å². The van der Waals surface area contributed by atoms with E-state index in [-0.39, 0.29) is 29.6 Å². The summed E-state index contributed by atoms with van der Waals surface area (Å²) in [4.78, 5) is 8.27. The predicted molar refractivity (Wildman–Crippen MR) is 66.1 cm³/mol. The van der Waals surface area contributed by atoms with E-state index < -0.39 is 0 Å². The first kappa shape index (κ1) is 13.1. The van der Waals surface area contributed by atoms with E-state index in [0.29, 0.717) is 0 Å². The van der Waals surface area contributed by atoms with Crippen LogP contribution >= 0.6 is 31.9 Å². The monoisotopic (exact) mass is 388 g/mol. The number of benzene rings is 1. The maximum atomic E-state index is 4.18. The summed E-state index contributed by atoms with van der Waals surface area (Å²) in [6.45, 7) is 0. The van der Waals surface area contributed by atoms with Crippen molar-refractivity contribution in [2.24, 2.45) is 0 Å². The third-order valence-electron chi connectivity index (χ3n) is 1.62. The van der Waals surface area contributed by atoms with Crippen molar-refractivity contribution in [3.8, 4) is 0 Å². The number of hydrogen-bond donors (Lipinski definition) is 0. The molecule has 0 aliphatic heterocycles. The van der Waals surface area contributed by atoms with E-state index in [9.17, 15) is 0 Å². The number of fused-ring (bicyclic) bond motifs is 1. The van der Waals surface area contributed by atoms with Crippen LogP contribution in [0, 0.1) is 0 Å². The summed E-state index contributed by atoms with van der Waals surface area (Å²) in [5.74, 6) is 0. The Bertz CT molecular complexity index is 478. The molecule has 0 unspecified atom stereocenters. The minimum atomic E-state index is 0. The van der Waals surface area contributed by atoms with E-state index in [1.807, 2.05) is 12.1 Å². The Hall–Kier alpha value is 1.04. The van der Waals surface area contributed by atoms with Gasteiger partial charge in [-0.25, -0.2) is 0 Å². The van der Waals surface area contributed by atoms with Gasteiger partial charge in [-0.3, -0.25) is 0 Å². The fourth-order valence-corrected chi connectivity index (χ4v) is 2.82. The molecule has 0 spiro atoms. The van der Waals surface area contributed by atoms with Crippen molar-refractivity contribution in [2.45, 2.75) is 0 Å². The topological polar surface area (TPSA) is 25.8 Å². The van der Waals surface area contributed by atoms with Crippen molar-refractivity contribution < 1.29 is 0 Å². The number of nitrogens with zero attached hydrogens (tertiary/aromatic N) is 2. The second-order valence-corrected chi connectivity index (χ2v) is 5.04. The van der Waals surface area contributed by atoms with Gasteiger partial charge in [-0.1, -0.05) is 0 Å². The molecule has 0 saturated carbocycles. The third-order valence-corrected chi connectivity index (χ3v) is 3.37. The molecule has 0 fully saturated rings. The van der Waals surface area contributed by atoms with E-state index in [1.54, 1.807) is 6.33 Å². The van der Waals surface area contributed by atoms with Crippen LogP contribution in [0.5, 0.6) is 0 Å². The molecule has 0 N–H and O–H groups in total. The Morgan fingerprint density at radius 2 is 1.86 bits per heavy atom. The van der Waals surface area contributed by atoms with Crippen molar-refractivity contribution in [1.29, 1.82) is 0 Å². The molecule has 0 amide bonds. The minimum absolute atomic E-state index is 0. The molecule has 66 valence electrons. The summed E-state index contributed by atoms with van der Waals surface area (Å²) in [6.07, 6.45) is 1.55. The summed E-state index contributed by atoms with van der Waals surface area (Å²) in [5, 5.41) is 1.02. The molecule has 6 heteroatoms. The van der Waals surface area contributed by atoms with Gasteiger partial charge < -0.3 is 0 Å². The zero-order chi connectivity index (χ0) is 9.42. The van der Waals surface area contributed by atoms with Crippen LogP contribution < -0.4 is 4.59 Å². The van der Waals surface area contributed by atoms with Crippen molar-refractivity contribution in [3.63, 3.8) is 0 Å². The average molecular weight is 389 g/mol. The molecule has 14 heavy (non-hydrogen) atoms. The summed E-state index contributed by atoms with van der Waals surface area (Å²) in [7, 11) is 0. The van der Waals surface area contributed by atoms with Crippen LogP contribution in [0.4, 0.5) is 0 Å². The quantitative estimate of drug-likeness (QED) is 0.640. The van der Waals surface area contributed by atoms with Crippen LogP contribution in [-0.4, -0.2) is 55.5 Å². The summed E-state index contributed by atoms with van der Waals surface area (Å²) < 4.78 is 2.85. The molecule has 0 aliphatic carbocycles. The van der Waals surface area contributed by atoms with Crippen molar-refractivity contribution in [1.82, 2.24) is 9.97 Å². The van der Waals surface area contributed by atoms with Crippen LogP contribution in [0.2, 0.25) is 0 Å². The SMILES string of the molecule is [Na].[Se]c1ncnc2c(Br)cc(Br)cc12. The van der Waals surface area contributed by atoms with Crippen LogP contribution in [0.1, 0.15) is 0 Å². The summed E-state index contributed by atoms with van der Waals surface area (Å²) in [6, 6.07) is 3.96. The Kier molecular flexibility index (Phi) is 5.05. The summed E-state index contributed by atoms with van der Waals surface area (Å²) >= 11 is 9.77. The standard InChI is InChI=1S/C8H3Br2N2Se.Na/c9-4-1-5-7(6(10)2-4)11-3-12-8(5)13;/h1-3H;. The Balaban J connectivity index is 0.000000980. The molecule has 2 aromatic rings. The molecule has 1 aromatic heterocycles. The van der Waals surface area contributed by atoms with Gasteiger partial charge in [0.15, 0.2) is 0 Å². The van der Waals surface area contributed by atoms with E-state index in [0.717, 1.165) is 24.4 Å². The number of halogens is 2. The fraction of sp³-hybridized carbons (Fsp3) is 0. The van der Waals surface area contributed by atoms with Gasteiger partial charge in [0.2, 0.25) is 0 Å². The second-order valence-electron chi connectivity index (χ2n) is 2.46. The first-order valence-corrected chi connectivity index (χ1v) is 5.89. The predicted octanol–water partition coefficient (Wildman–Crippen LogP) is 1.57. The van der Waals surface area contributed by atoms with Crippen LogP contribution in [-0.2, 0) is 0 Å². The normalized spacial score (nSPS) is 9.86. The van der Waals surface area contributed by atoms with Gasteiger partial charge in [0.05, 0.1) is 0 Å². The second kappa shape index (κ2) is 5.39. The van der Waals surface area contributed by atoms with Crippen molar-refractivity contribution in [2.75, 3.05) is 0 Å². The van der Waals surface area contributed by atoms with Crippen LogP contribution in [0.3, 0.4) is 0 Å². The molecule has 2 nitrogen and oxygen atoms in total. The van der Waals surface area contributed by atoms with Gasteiger partial charge in [-0.2, -0.15) is 0 Å². The van der Waals surface area contributed by atoms with Crippen LogP contribution in [0.25, 0.3) is 10.9 Å². The molecule has 0 aliphatic rings. The molecule has 2 radical (unpaired) electrons.